The molecule has 8 nitrogen and oxygen atoms in total. The summed E-state index contributed by atoms with van der Waals surface area (Å²) in [5.41, 5.74) is 1.65. The molecular weight excluding hydrogens is 428 g/mol. The lowest BCUT2D eigenvalue weighted by molar-refractivity contribution is -0.135. The highest BCUT2D eigenvalue weighted by Crippen LogP contribution is 2.38. The van der Waals surface area contributed by atoms with E-state index >= 15 is 0 Å². The summed E-state index contributed by atoms with van der Waals surface area (Å²) in [6.45, 7) is 3.94. The molecule has 5 rings (SSSR count). The van der Waals surface area contributed by atoms with Crippen LogP contribution in [0.1, 0.15) is 50.2 Å². The van der Waals surface area contributed by atoms with E-state index in [2.05, 4.69) is 5.32 Å². The molecule has 3 fully saturated rings. The van der Waals surface area contributed by atoms with Crippen LogP contribution in [0.4, 0.5) is 4.79 Å². The number of aryl methyl sites for hydroxylation is 2. The van der Waals surface area contributed by atoms with Crippen molar-refractivity contribution in [2.45, 2.75) is 62.3 Å². The van der Waals surface area contributed by atoms with Crippen LogP contribution >= 0.6 is 0 Å². The quantitative estimate of drug-likeness (QED) is 0.694. The number of carbonyl (C=O) groups is 2. The smallest absolute Gasteiger partial charge is 0.323 e. The van der Waals surface area contributed by atoms with Crippen molar-refractivity contribution in [3.63, 3.8) is 0 Å². The fraction of sp³-hybridized carbons (Fsp3) is 0.652. The molecule has 2 aliphatic carbocycles. The van der Waals surface area contributed by atoms with Crippen molar-refractivity contribution < 1.29 is 18.0 Å². The van der Waals surface area contributed by atoms with Crippen molar-refractivity contribution in [3.8, 4) is 0 Å². The van der Waals surface area contributed by atoms with E-state index < -0.39 is 15.6 Å². The van der Waals surface area contributed by atoms with Gasteiger partial charge in [-0.15, -0.1) is 0 Å². The van der Waals surface area contributed by atoms with Crippen molar-refractivity contribution in [3.05, 3.63) is 29.3 Å². The van der Waals surface area contributed by atoms with Gasteiger partial charge in [-0.3, -0.25) is 9.69 Å². The molecule has 1 aromatic carbocycles. The predicted molar refractivity (Wildman–Crippen MR) is 119 cm³/mol. The SMILES string of the molecule is C[C@H]1CCCC[C@]12NC(=O)N(CN1CCN(S(=O)(=O)c3ccc4c(c3)CCC4)CC1)C2=O. The van der Waals surface area contributed by atoms with E-state index in [9.17, 15) is 18.0 Å². The summed E-state index contributed by atoms with van der Waals surface area (Å²) in [5.74, 6) is 0.00917. The minimum absolute atomic E-state index is 0.122. The van der Waals surface area contributed by atoms with Crippen molar-refractivity contribution in [1.82, 2.24) is 19.4 Å². The van der Waals surface area contributed by atoms with E-state index in [0.29, 0.717) is 37.5 Å². The van der Waals surface area contributed by atoms with Gasteiger partial charge in [0.1, 0.15) is 5.54 Å². The fourth-order valence-electron chi connectivity index (χ4n) is 5.79. The van der Waals surface area contributed by atoms with Crippen LogP contribution in [-0.4, -0.2) is 72.8 Å². The number of piperazine rings is 1. The van der Waals surface area contributed by atoms with Crippen molar-refractivity contribution in [1.29, 1.82) is 0 Å². The van der Waals surface area contributed by atoms with Gasteiger partial charge < -0.3 is 5.32 Å². The van der Waals surface area contributed by atoms with Gasteiger partial charge in [0.2, 0.25) is 10.0 Å². The normalized spacial score (nSPS) is 29.5. The lowest BCUT2D eigenvalue weighted by Gasteiger charge is -2.38. The van der Waals surface area contributed by atoms with Gasteiger partial charge in [-0.1, -0.05) is 25.8 Å². The number of rotatable bonds is 4. The van der Waals surface area contributed by atoms with Crippen LogP contribution < -0.4 is 5.32 Å². The van der Waals surface area contributed by atoms with Crippen LogP contribution in [0.2, 0.25) is 0 Å². The molecule has 3 amide bonds. The van der Waals surface area contributed by atoms with E-state index in [1.807, 2.05) is 24.0 Å². The van der Waals surface area contributed by atoms with Gasteiger partial charge in [0.15, 0.2) is 0 Å². The van der Waals surface area contributed by atoms with Crippen LogP contribution in [0, 0.1) is 5.92 Å². The van der Waals surface area contributed by atoms with E-state index in [0.717, 1.165) is 44.1 Å². The summed E-state index contributed by atoms with van der Waals surface area (Å²) in [7, 11) is -3.54. The number of carbonyl (C=O) groups excluding carboxylic acids is 2. The number of amides is 3. The number of sulfonamides is 1. The van der Waals surface area contributed by atoms with Crippen LogP contribution in [0.25, 0.3) is 0 Å². The van der Waals surface area contributed by atoms with Crippen LogP contribution in [0.15, 0.2) is 23.1 Å². The molecule has 2 aliphatic heterocycles. The second-order valence-corrected chi connectivity index (χ2v) is 11.7. The maximum absolute atomic E-state index is 13.2. The summed E-state index contributed by atoms with van der Waals surface area (Å²) < 4.78 is 27.8. The van der Waals surface area contributed by atoms with Crippen LogP contribution in [-0.2, 0) is 27.7 Å². The Morgan fingerprint density at radius 3 is 2.53 bits per heavy atom. The molecule has 2 atom stereocenters. The van der Waals surface area contributed by atoms with Crippen LogP contribution in [0.3, 0.4) is 0 Å². The average Bonchev–Trinajstić information content (AvgIpc) is 3.35. The zero-order chi connectivity index (χ0) is 22.5. The molecule has 4 aliphatic rings. The average molecular weight is 461 g/mol. The highest BCUT2D eigenvalue weighted by molar-refractivity contribution is 7.89. The Balaban J connectivity index is 1.22. The largest absolute Gasteiger partial charge is 0.326 e. The third kappa shape index (κ3) is 3.54. The van der Waals surface area contributed by atoms with Gasteiger partial charge in [-0.25, -0.2) is 18.1 Å². The highest BCUT2D eigenvalue weighted by Gasteiger charge is 2.55. The lowest BCUT2D eigenvalue weighted by atomic mass is 9.73. The topological polar surface area (TPSA) is 90.0 Å². The third-order valence-corrected chi connectivity index (χ3v) is 9.78. The molecule has 32 heavy (non-hydrogen) atoms. The molecule has 0 bridgehead atoms. The van der Waals surface area contributed by atoms with Crippen molar-refractivity contribution in [2.24, 2.45) is 5.92 Å². The minimum Gasteiger partial charge on any atom is -0.323 e. The number of nitrogens with one attached hydrogen (secondary N) is 1. The minimum atomic E-state index is -3.54. The van der Waals surface area contributed by atoms with Gasteiger partial charge in [0, 0.05) is 26.2 Å². The maximum atomic E-state index is 13.2. The van der Waals surface area contributed by atoms with E-state index in [1.54, 1.807) is 6.07 Å². The zero-order valence-electron chi connectivity index (χ0n) is 18.7. The molecule has 0 unspecified atom stereocenters. The second kappa shape index (κ2) is 8.11. The van der Waals surface area contributed by atoms with Gasteiger partial charge in [0.25, 0.3) is 5.91 Å². The van der Waals surface area contributed by atoms with Gasteiger partial charge >= 0.3 is 6.03 Å². The Labute approximate surface area is 190 Å². The molecule has 1 aromatic rings. The molecule has 0 radical (unpaired) electrons. The Morgan fingerprint density at radius 2 is 1.78 bits per heavy atom. The second-order valence-electron chi connectivity index (χ2n) is 9.73. The molecule has 0 aromatic heterocycles. The Morgan fingerprint density at radius 1 is 1.03 bits per heavy atom. The summed E-state index contributed by atoms with van der Waals surface area (Å²) in [6.07, 6.45) is 6.73. The monoisotopic (exact) mass is 460 g/mol. The Bertz CT molecular complexity index is 1030. The summed E-state index contributed by atoms with van der Waals surface area (Å²) >= 11 is 0. The molecular formula is C23H32N4O4S. The molecule has 174 valence electrons. The van der Waals surface area contributed by atoms with E-state index in [1.165, 1.54) is 14.8 Å². The number of imide groups is 1. The highest BCUT2D eigenvalue weighted by atomic mass is 32.2. The Hall–Kier alpha value is -1.97. The van der Waals surface area contributed by atoms with Gasteiger partial charge in [-0.2, -0.15) is 4.31 Å². The zero-order valence-corrected chi connectivity index (χ0v) is 19.5. The van der Waals surface area contributed by atoms with Crippen molar-refractivity contribution in [2.75, 3.05) is 32.8 Å². The molecule has 9 heteroatoms. The number of fused-ring (bicyclic) bond motifs is 1. The summed E-state index contributed by atoms with van der Waals surface area (Å²) in [4.78, 5) is 29.5. The molecule has 2 saturated heterocycles. The van der Waals surface area contributed by atoms with E-state index in [-0.39, 0.29) is 24.5 Å². The first kappa shape index (κ1) is 21.9. The molecule has 1 saturated carbocycles. The molecule has 2 heterocycles. The first-order valence-corrected chi connectivity index (χ1v) is 13.2. The van der Waals surface area contributed by atoms with Crippen LogP contribution in [0.5, 0.6) is 0 Å². The predicted octanol–water partition coefficient (Wildman–Crippen LogP) is 1.94. The number of hydrogen-bond acceptors (Lipinski definition) is 5. The number of urea groups is 1. The molecule has 1 N–H and O–H groups in total. The van der Waals surface area contributed by atoms with Gasteiger partial charge in [-0.05, 0) is 61.3 Å². The van der Waals surface area contributed by atoms with E-state index in [4.69, 9.17) is 0 Å². The summed E-state index contributed by atoms with van der Waals surface area (Å²) in [6, 6.07) is 5.19. The fourth-order valence-corrected chi connectivity index (χ4v) is 7.27. The number of hydrogen-bond donors (Lipinski definition) is 1. The number of nitrogens with zero attached hydrogens (tertiary/aromatic N) is 3. The standard InChI is InChI=1S/C23H32N4O4S/c1-17-5-2-3-10-23(17)21(28)27(22(29)24-23)16-25-11-13-26(14-12-25)32(30,31)20-9-8-18-6-4-7-19(18)15-20/h8-9,15,17H,2-7,10-14,16H2,1H3,(H,24,29)/t17-,23-/m0/s1. The Kier molecular flexibility index (Phi) is 5.54. The molecule has 1 spiro atoms. The maximum Gasteiger partial charge on any atom is 0.326 e. The lowest BCUT2D eigenvalue weighted by Crippen LogP contribution is -2.55. The van der Waals surface area contributed by atoms with Crippen molar-refractivity contribution >= 4 is 22.0 Å². The van der Waals surface area contributed by atoms with Gasteiger partial charge in [0.05, 0.1) is 11.6 Å². The summed E-state index contributed by atoms with van der Waals surface area (Å²) in [5, 5.41) is 2.99. The first-order chi connectivity index (χ1) is 15.3. The third-order valence-electron chi connectivity index (χ3n) is 7.88. The first-order valence-electron chi connectivity index (χ1n) is 11.8. The number of benzene rings is 1.